The van der Waals surface area contributed by atoms with Crippen LogP contribution in [0.4, 0.5) is 5.69 Å². The van der Waals surface area contributed by atoms with Crippen molar-refractivity contribution < 1.29 is 9.53 Å². The minimum atomic E-state index is 0.0414. The van der Waals surface area contributed by atoms with Gasteiger partial charge in [0.15, 0.2) is 0 Å². The van der Waals surface area contributed by atoms with Crippen LogP contribution in [-0.4, -0.2) is 31.4 Å². The monoisotopic (exact) mass is 342 g/mol. The van der Waals surface area contributed by atoms with Gasteiger partial charge in [0.1, 0.15) is 5.75 Å². The van der Waals surface area contributed by atoms with E-state index in [-0.39, 0.29) is 5.91 Å². The number of fused-ring (bicyclic) bond motifs is 1. The highest BCUT2D eigenvalue weighted by Gasteiger charge is 2.23. The summed E-state index contributed by atoms with van der Waals surface area (Å²) in [5.41, 5.74) is 2.22. The lowest BCUT2D eigenvalue weighted by Crippen LogP contribution is -2.41. The van der Waals surface area contributed by atoms with Gasteiger partial charge in [-0.3, -0.25) is 4.79 Å². The number of ether oxygens (including phenoxy) is 1. The standard InChI is InChI=1S/C19H22N2O2S/c1-14-12-21(17-5-3-4-6-18(17)24-14)13-19(22)20-11-15-7-9-16(23-2)10-8-15/h3-10,14H,11-13H2,1-2H3,(H,20,22). The Kier molecular flexibility index (Phi) is 5.30. The molecule has 0 aliphatic carbocycles. The van der Waals surface area contributed by atoms with Gasteiger partial charge >= 0.3 is 0 Å². The topological polar surface area (TPSA) is 41.6 Å². The zero-order valence-corrected chi connectivity index (χ0v) is 14.8. The fourth-order valence-corrected chi connectivity index (χ4v) is 3.97. The van der Waals surface area contributed by atoms with Crippen molar-refractivity contribution in [2.45, 2.75) is 23.6 Å². The van der Waals surface area contributed by atoms with E-state index in [1.54, 1.807) is 7.11 Å². The van der Waals surface area contributed by atoms with E-state index in [1.165, 1.54) is 4.90 Å². The number of rotatable bonds is 5. The van der Waals surface area contributed by atoms with Crippen molar-refractivity contribution >= 4 is 23.4 Å². The summed E-state index contributed by atoms with van der Waals surface area (Å²) in [5.74, 6) is 0.862. The molecule has 0 saturated carbocycles. The molecule has 1 heterocycles. The molecule has 4 nitrogen and oxygen atoms in total. The van der Waals surface area contributed by atoms with Gasteiger partial charge in [0.2, 0.25) is 5.91 Å². The van der Waals surface area contributed by atoms with Gasteiger partial charge < -0.3 is 15.0 Å². The van der Waals surface area contributed by atoms with Crippen LogP contribution in [0.3, 0.4) is 0 Å². The van der Waals surface area contributed by atoms with E-state index in [2.05, 4.69) is 29.3 Å². The maximum absolute atomic E-state index is 12.3. The predicted molar refractivity (Wildman–Crippen MR) is 98.8 cm³/mol. The molecule has 2 aromatic carbocycles. The van der Waals surface area contributed by atoms with Crippen LogP contribution in [0, 0.1) is 0 Å². The van der Waals surface area contributed by atoms with Crippen molar-refractivity contribution in [3.05, 3.63) is 54.1 Å². The lowest BCUT2D eigenvalue weighted by Gasteiger charge is -2.33. The molecule has 0 radical (unpaired) electrons. The zero-order valence-electron chi connectivity index (χ0n) is 14.0. The summed E-state index contributed by atoms with van der Waals surface area (Å²) in [6.45, 7) is 4.00. The first-order chi connectivity index (χ1) is 11.7. The van der Waals surface area contributed by atoms with Crippen LogP contribution in [-0.2, 0) is 11.3 Å². The van der Waals surface area contributed by atoms with Crippen LogP contribution in [0.2, 0.25) is 0 Å². The third-order valence-electron chi connectivity index (χ3n) is 3.99. The van der Waals surface area contributed by atoms with Gasteiger partial charge in [-0.2, -0.15) is 0 Å². The van der Waals surface area contributed by atoms with E-state index in [4.69, 9.17) is 4.74 Å². The molecular formula is C19H22N2O2S. The molecule has 0 bridgehead atoms. The average molecular weight is 342 g/mol. The molecular weight excluding hydrogens is 320 g/mol. The molecule has 1 unspecified atom stereocenters. The van der Waals surface area contributed by atoms with Crippen LogP contribution in [0.25, 0.3) is 0 Å². The number of benzene rings is 2. The number of carbonyl (C=O) groups is 1. The molecule has 5 heteroatoms. The molecule has 0 aromatic heterocycles. The quantitative estimate of drug-likeness (QED) is 0.905. The summed E-state index contributed by atoms with van der Waals surface area (Å²) in [6.07, 6.45) is 0. The molecule has 1 N–H and O–H groups in total. The molecule has 2 aromatic rings. The van der Waals surface area contributed by atoms with E-state index in [0.717, 1.165) is 23.5 Å². The lowest BCUT2D eigenvalue weighted by molar-refractivity contribution is -0.119. The Bertz CT molecular complexity index is 703. The molecule has 126 valence electrons. The minimum Gasteiger partial charge on any atom is -0.497 e. The van der Waals surface area contributed by atoms with Gasteiger partial charge in [-0.25, -0.2) is 0 Å². The highest BCUT2D eigenvalue weighted by atomic mass is 32.2. The molecule has 1 aliphatic rings. The smallest absolute Gasteiger partial charge is 0.239 e. The zero-order chi connectivity index (χ0) is 16.9. The van der Waals surface area contributed by atoms with Crippen molar-refractivity contribution in [2.75, 3.05) is 25.1 Å². The van der Waals surface area contributed by atoms with E-state index in [9.17, 15) is 4.79 Å². The second-order valence-electron chi connectivity index (χ2n) is 5.90. The SMILES string of the molecule is COc1ccc(CNC(=O)CN2CC(C)Sc3ccccc32)cc1. The number of carbonyl (C=O) groups excluding carboxylic acids is 1. The van der Waals surface area contributed by atoms with E-state index in [0.29, 0.717) is 18.3 Å². The van der Waals surface area contributed by atoms with E-state index in [1.807, 2.05) is 48.2 Å². The molecule has 1 aliphatic heterocycles. The van der Waals surface area contributed by atoms with Crippen molar-refractivity contribution in [1.82, 2.24) is 5.32 Å². The van der Waals surface area contributed by atoms with Crippen molar-refractivity contribution in [3.8, 4) is 5.75 Å². The van der Waals surface area contributed by atoms with E-state index < -0.39 is 0 Å². The number of nitrogens with one attached hydrogen (secondary N) is 1. The first-order valence-electron chi connectivity index (χ1n) is 8.06. The van der Waals surface area contributed by atoms with Crippen molar-refractivity contribution in [1.29, 1.82) is 0 Å². The normalized spacial score (nSPS) is 16.4. The molecule has 0 spiro atoms. The first kappa shape index (κ1) is 16.7. The van der Waals surface area contributed by atoms with Crippen LogP contribution in [0.15, 0.2) is 53.4 Å². The Labute approximate surface area is 147 Å². The maximum atomic E-state index is 12.3. The molecule has 24 heavy (non-hydrogen) atoms. The van der Waals surface area contributed by atoms with Gasteiger partial charge in [0, 0.05) is 23.2 Å². The van der Waals surface area contributed by atoms with Crippen LogP contribution < -0.4 is 15.0 Å². The van der Waals surface area contributed by atoms with Crippen molar-refractivity contribution in [2.24, 2.45) is 0 Å². The number of para-hydroxylation sites is 1. The molecule has 0 fully saturated rings. The molecule has 3 rings (SSSR count). The first-order valence-corrected chi connectivity index (χ1v) is 8.94. The summed E-state index contributed by atoms with van der Waals surface area (Å²) in [5, 5.41) is 3.48. The fourth-order valence-electron chi connectivity index (χ4n) is 2.80. The third-order valence-corrected chi connectivity index (χ3v) is 5.15. The largest absolute Gasteiger partial charge is 0.497 e. The number of thioether (sulfide) groups is 1. The third kappa shape index (κ3) is 4.03. The van der Waals surface area contributed by atoms with Crippen molar-refractivity contribution in [3.63, 3.8) is 0 Å². The molecule has 1 atom stereocenters. The number of hydrogen-bond donors (Lipinski definition) is 1. The Morgan fingerprint density at radius 3 is 2.75 bits per heavy atom. The van der Waals surface area contributed by atoms with E-state index >= 15 is 0 Å². The predicted octanol–water partition coefficient (Wildman–Crippen LogP) is 3.31. The summed E-state index contributed by atoms with van der Waals surface area (Å²) >= 11 is 1.87. The second-order valence-corrected chi connectivity index (χ2v) is 7.38. The number of amides is 1. The Morgan fingerprint density at radius 1 is 1.25 bits per heavy atom. The summed E-state index contributed by atoms with van der Waals surface area (Å²) < 4.78 is 5.14. The minimum absolute atomic E-state index is 0.0414. The Morgan fingerprint density at radius 2 is 2.00 bits per heavy atom. The van der Waals surface area contributed by atoms with Crippen LogP contribution >= 0.6 is 11.8 Å². The second kappa shape index (κ2) is 7.62. The summed E-state index contributed by atoms with van der Waals surface area (Å²) in [7, 11) is 1.65. The van der Waals surface area contributed by atoms with Gasteiger partial charge in [0.05, 0.1) is 19.3 Å². The Balaban J connectivity index is 1.58. The highest BCUT2D eigenvalue weighted by Crippen LogP contribution is 2.37. The number of nitrogens with zero attached hydrogens (tertiary/aromatic N) is 1. The summed E-state index contributed by atoms with van der Waals surface area (Å²) in [4.78, 5) is 15.8. The van der Waals surface area contributed by atoms with Crippen LogP contribution in [0.1, 0.15) is 12.5 Å². The molecule has 0 saturated heterocycles. The molecule has 1 amide bonds. The maximum Gasteiger partial charge on any atom is 0.239 e. The number of hydrogen-bond acceptors (Lipinski definition) is 4. The van der Waals surface area contributed by atoms with Gasteiger partial charge in [-0.05, 0) is 29.8 Å². The summed E-state index contributed by atoms with van der Waals surface area (Å²) in [6, 6.07) is 16.0. The van der Waals surface area contributed by atoms with Gasteiger partial charge in [0.25, 0.3) is 0 Å². The number of methoxy groups -OCH3 is 1. The Hall–Kier alpha value is -2.14. The van der Waals surface area contributed by atoms with Crippen LogP contribution in [0.5, 0.6) is 5.75 Å². The highest BCUT2D eigenvalue weighted by molar-refractivity contribution is 8.00. The van der Waals surface area contributed by atoms with Gasteiger partial charge in [-0.1, -0.05) is 31.2 Å². The van der Waals surface area contributed by atoms with Gasteiger partial charge in [-0.15, -0.1) is 11.8 Å². The lowest BCUT2D eigenvalue weighted by atomic mass is 10.2. The number of anilines is 1. The average Bonchev–Trinajstić information content (AvgIpc) is 2.60. The fraction of sp³-hybridized carbons (Fsp3) is 0.316.